The molecule has 2 N–H and O–H groups in total. The van der Waals surface area contributed by atoms with E-state index in [4.69, 9.17) is 10.2 Å². The maximum absolute atomic E-state index is 13.0. The molecule has 2 aromatic heterocycles. The quantitative estimate of drug-likeness (QED) is 0.521. The van der Waals surface area contributed by atoms with Crippen LogP contribution in [0.5, 0.6) is 0 Å². The summed E-state index contributed by atoms with van der Waals surface area (Å²) in [4.78, 5) is 21.7. The summed E-state index contributed by atoms with van der Waals surface area (Å²) in [7, 11) is 0. The molecule has 0 atom stereocenters. The lowest BCUT2D eigenvalue weighted by atomic mass is 10.2. The van der Waals surface area contributed by atoms with Crippen molar-refractivity contribution in [3.05, 3.63) is 60.5 Å². The fraction of sp³-hybridized carbons (Fsp3) is 0.300. The van der Waals surface area contributed by atoms with Crippen molar-refractivity contribution in [1.82, 2.24) is 19.9 Å². The average molecular weight is 395 g/mol. The summed E-state index contributed by atoms with van der Waals surface area (Å²) >= 11 is 0. The van der Waals surface area contributed by atoms with E-state index in [2.05, 4.69) is 29.7 Å². The second kappa shape index (κ2) is 8.68. The fourth-order valence-corrected chi connectivity index (χ4v) is 3.12. The molecule has 0 spiro atoms. The molecule has 8 nitrogen and oxygen atoms in total. The van der Waals surface area contributed by atoms with Gasteiger partial charge >= 0.3 is 0 Å². The first-order valence-corrected chi connectivity index (χ1v) is 9.46. The van der Waals surface area contributed by atoms with Gasteiger partial charge in [-0.2, -0.15) is 0 Å². The normalized spacial score (nSPS) is 15.0. The van der Waals surface area contributed by atoms with Gasteiger partial charge in [0.15, 0.2) is 5.96 Å². The van der Waals surface area contributed by atoms with Crippen molar-refractivity contribution in [2.45, 2.75) is 6.42 Å². The molecule has 1 aromatic carbocycles. The molecule has 0 amide bonds. The highest BCUT2D eigenvalue weighted by Gasteiger charge is 2.19. The summed E-state index contributed by atoms with van der Waals surface area (Å²) in [6.07, 6.45) is 5.71. The minimum atomic E-state index is -0.289. The van der Waals surface area contributed by atoms with Gasteiger partial charge in [-0.25, -0.2) is 19.3 Å². The van der Waals surface area contributed by atoms with Gasteiger partial charge in [-0.3, -0.25) is 4.99 Å². The number of oxazole rings is 1. The molecule has 1 aliphatic rings. The highest BCUT2D eigenvalue weighted by Crippen LogP contribution is 2.19. The van der Waals surface area contributed by atoms with Crippen molar-refractivity contribution < 1.29 is 8.81 Å². The molecule has 0 radical (unpaired) electrons. The molecule has 0 unspecified atom stereocenters. The maximum atomic E-state index is 13.0. The van der Waals surface area contributed by atoms with Crippen LogP contribution in [0.25, 0.3) is 11.5 Å². The Morgan fingerprint density at radius 2 is 1.83 bits per heavy atom. The van der Waals surface area contributed by atoms with E-state index < -0.39 is 0 Å². The second-order valence-corrected chi connectivity index (χ2v) is 6.66. The number of nitrogens with two attached hydrogens (primary N) is 1. The molecular weight excluding hydrogens is 373 g/mol. The van der Waals surface area contributed by atoms with Crippen molar-refractivity contribution in [2.24, 2.45) is 10.7 Å². The number of aromatic nitrogens is 3. The van der Waals surface area contributed by atoms with E-state index in [0.29, 0.717) is 24.8 Å². The Bertz CT molecular complexity index is 950. The number of halogens is 1. The van der Waals surface area contributed by atoms with Crippen molar-refractivity contribution in [2.75, 3.05) is 37.6 Å². The Hall–Kier alpha value is -3.49. The molecule has 1 aliphatic heterocycles. The number of guanidine groups is 1. The van der Waals surface area contributed by atoms with Gasteiger partial charge in [0.05, 0.1) is 5.69 Å². The standard InChI is InChI=1S/C20H22FN7O/c21-16-4-2-15(3-5-16)18-26-17(14-29-18)6-9-23-19(22)27-10-12-28(13-11-27)20-24-7-1-8-25-20/h1-5,7-8,14H,6,9-13H2,(H2,22,23). The summed E-state index contributed by atoms with van der Waals surface area (Å²) in [5.74, 6) is 1.45. The first-order chi connectivity index (χ1) is 14.2. The van der Waals surface area contributed by atoms with E-state index in [0.717, 1.165) is 43.4 Å². The topological polar surface area (TPSA) is 96.7 Å². The van der Waals surface area contributed by atoms with Crippen molar-refractivity contribution >= 4 is 11.9 Å². The monoisotopic (exact) mass is 395 g/mol. The predicted molar refractivity (Wildman–Crippen MR) is 108 cm³/mol. The molecule has 4 rings (SSSR count). The van der Waals surface area contributed by atoms with Crippen molar-refractivity contribution in [3.63, 3.8) is 0 Å². The minimum absolute atomic E-state index is 0.289. The SMILES string of the molecule is NC(=NCCc1coc(-c2ccc(F)cc2)n1)N1CCN(c2ncccn2)CC1. The van der Waals surface area contributed by atoms with Crippen molar-refractivity contribution in [3.8, 4) is 11.5 Å². The Kier molecular flexibility index (Phi) is 5.64. The van der Waals surface area contributed by atoms with Gasteiger partial charge in [0.25, 0.3) is 0 Å². The van der Waals surface area contributed by atoms with Gasteiger partial charge in [0.1, 0.15) is 12.1 Å². The van der Waals surface area contributed by atoms with Gasteiger partial charge in [0, 0.05) is 57.1 Å². The number of anilines is 1. The zero-order valence-electron chi connectivity index (χ0n) is 15.9. The number of piperazine rings is 1. The maximum Gasteiger partial charge on any atom is 0.226 e. The summed E-state index contributed by atoms with van der Waals surface area (Å²) in [5, 5.41) is 0. The van der Waals surface area contributed by atoms with Crippen LogP contribution in [0.2, 0.25) is 0 Å². The zero-order chi connectivity index (χ0) is 20.1. The summed E-state index contributed by atoms with van der Waals surface area (Å²) in [5.41, 5.74) is 7.68. The molecule has 1 saturated heterocycles. The first-order valence-electron chi connectivity index (χ1n) is 9.46. The predicted octanol–water partition coefficient (Wildman–Crippen LogP) is 1.95. The van der Waals surface area contributed by atoms with Crippen LogP contribution < -0.4 is 10.6 Å². The van der Waals surface area contributed by atoms with E-state index in [1.165, 1.54) is 12.1 Å². The molecule has 29 heavy (non-hydrogen) atoms. The molecule has 0 bridgehead atoms. The molecule has 0 saturated carbocycles. The fourth-order valence-electron chi connectivity index (χ4n) is 3.12. The Labute approximate surface area is 167 Å². The molecule has 9 heteroatoms. The lowest BCUT2D eigenvalue weighted by Crippen LogP contribution is -2.51. The zero-order valence-corrected chi connectivity index (χ0v) is 15.9. The van der Waals surface area contributed by atoms with Gasteiger partial charge in [0.2, 0.25) is 11.8 Å². The lowest BCUT2D eigenvalue weighted by Gasteiger charge is -2.35. The van der Waals surface area contributed by atoms with E-state index in [9.17, 15) is 4.39 Å². The summed E-state index contributed by atoms with van der Waals surface area (Å²) < 4.78 is 18.5. The van der Waals surface area contributed by atoms with Crippen LogP contribution in [0.1, 0.15) is 5.69 Å². The first kappa shape index (κ1) is 18.9. The van der Waals surface area contributed by atoms with Gasteiger partial charge in [-0.05, 0) is 30.3 Å². The van der Waals surface area contributed by atoms with Crippen LogP contribution in [-0.2, 0) is 6.42 Å². The molecule has 1 fully saturated rings. The third-order valence-electron chi connectivity index (χ3n) is 4.72. The number of hydrogen-bond acceptors (Lipinski definition) is 6. The molecule has 150 valence electrons. The largest absolute Gasteiger partial charge is 0.444 e. The van der Waals surface area contributed by atoms with Crippen LogP contribution in [0.15, 0.2) is 58.4 Å². The number of nitrogens with zero attached hydrogens (tertiary/aromatic N) is 6. The lowest BCUT2D eigenvalue weighted by molar-refractivity contribution is 0.378. The molecule has 0 aliphatic carbocycles. The highest BCUT2D eigenvalue weighted by atomic mass is 19.1. The number of rotatable bonds is 5. The van der Waals surface area contributed by atoms with E-state index in [1.807, 2.05) is 6.07 Å². The van der Waals surface area contributed by atoms with Crippen LogP contribution in [-0.4, -0.2) is 58.5 Å². The third kappa shape index (κ3) is 4.68. The van der Waals surface area contributed by atoms with Gasteiger partial charge in [-0.1, -0.05) is 0 Å². The third-order valence-corrected chi connectivity index (χ3v) is 4.72. The van der Waals surface area contributed by atoms with Crippen LogP contribution in [0.3, 0.4) is 0 Å². The summed E-state index contributed by atoms with van der Waals surface area (Å²) in [6.45, 7) is 3.65. The minimum Gasteiger partial charge on any atom is -0.444 e. The Morgan fingerprint density at radius 3 is 2.55 bits per heavy atom. The van der Waals surface area contributed by atoms with Crippen LogP contribution in [0.4, 0.5) is 10.3 Å². The van der Waals surface area contributed by atoms with E-state index >= 15 is 0 Å². The van der Waals surface area contributed by atoms with Crippen LogP contribution >= 0.6 is 0 Å². The molecule has 3 heterocycles. The van der Waals surface area contributed by atoms with E-state index in [1.54, 1.807) is 30.8 Å². The second-order valence-electron chi connectivity index (χ2n) is 6.66. The molecular formula is C20H22FN7O. The van der Waals surface area contributed by atoms with E-state index in [-0.39, 0.29) is 5.82 Å². The number of hydrogen-bond donors (Lipinski definition) is 1. The average Bonchev–Trinajstić information content (AvgIpc) is 3.24. The Balaban J connectivity index is 1.27. The van der Waals surface area contributed by atoms with Crippen molar-refractivity contribution in [1.29, 1.82) is 0 Å². The van der Waals surface area contributed by atoms with Crippen LogP contribution in [0, 0.1) is 5.82 Å². The van der Waals surface area contributed by atoms with Gasteiger partial charge in [-0.15, -0.1) is 0 Å². The Morgan fingerprint density at radius 1 is 1.10 bits per heavy atom. The highest BCUT2D eigenvalue weighted by molar-refractivity contribution is 5.78. The molecule has 3 aromatic rings. The number of benzene rings is 1. The number of aliphatic imine (C=N–C) groups is 1. The van der Waals surface area contributed by atoms with Gasteiger partial charge < -0.3 is 20.0 Å². The summed E-state index contributed by atoms with van der Waals surface area (Å²) in [6, 6.07) is 7.85. The smallest absolute Gasteiger partial charge is 0.226 e.